The Kier molecular flexibility index (Phi) is 4.70. The molecule has 2 heterocycles. The molecule has 0 spiro atoms. The maximum atomic E-state index is 5.66. The lowest BCUT2D eigenvalue weighted by Gasteiger charge is -2.14. The zero-order valence-electron chi connectivity index (χ0n) is 18.1. The molecule has 0 N–H and O–H groups in total. The standard InChI is InChI=1S/C25H24N2O4/c1-15-20-7-5-16(18-13-23(28-2)25(30-4)24(14-18)29-3)12-21(20)27(26-15)19-6-8-22-17(11-19)9-10-31-22/h5-8,11-14H,9-10H2,1-4H3. The van der Waals surface area contributed by atoms with Gasteiger partial charge < -0.3 is 18.9 Å². The molecule has 4 aromatic rings. The number of benzene rings is 3. The first-order valence-corrected chi connectivity index (χ1v) is 10.2. The van der Waals surface area contributed by atoms with E-state index in [9.17, 15) is 0 Å². The third-order valence-electron chi connectivity index (χ3n) is 5.78. The Morgan fingerprint density at radius 1 is 0.871 bits per heavy atom. The van der Waals surface area contributed by atoms with Crippen LogP contribution in [0.2, 0.25) is 0 Å². The molecule has 6 heteroatoms. The highest BCUT2D eigenvalue weighted by Gasteiger charge is 2.17. The van der Waals surface area contributed by atoms with Crippen LogP contribution >= 0.6 is 0 Å². The van der Waals surface area contributed by atoms with E-state index in [1.807, 2.05) is 29.8 Å². The highest BCUT2D eigenvalue weighted by molar-refractivity contribution is 5.88. The van der Waals surface area contributed by atoms with Crippen LogP contribution in [-0.4, -0.2) is 37.7 Å². The summed E-state index contributed by atoms with van der Waals surface area (Å²) in [6.45, 7) is 2.78. The van der Waals surface area contributed by atoms with Crippen LogP contribution in [0.4, 0.5) is 0 Å². The normalized spacial score (nSPS) is 12.5. The minimum absolute atomic E-state index is 0.580. The summed E-state index contributed by atoms with van der Waals surface area (Å²) in [7, 11) is 4.86. The Labute approximate surface area is 180 Å². The number of fused-ring (bicyclic) bond motifs is 2. The number of rotatable bonds is 5. The third-order valence-corrected chi connectivity index (χ3v) is 5.78. The summed E-state index contributed by atoms with van der Waals surface area (Å²) in [6.07, 6.45) is 0.929. The molecule has 0 atom stereocenters. The Hall–Kier alpha value is -3.67. The predicted octanol–water partition coefficient (Wildman–Crippen LogP) is 4.96. The minimum Gasteiger partial charge on any atom is -0.493 e. The molecule has 0 radical (unpaired) electrons. The SMILES string of the molecule is COc1cc(-c2ccc3c(C)nn(-c4ccc5c(c4)CCO5)c3c2)cc(OC)c1OC. The summed E-state index contributed by atoms with van der Waals surface area (Å²) in [6, 6.07) is 16.5. The predicted molar refractivity (Wildman–Crippen MR) is 120 cm³/mol. The molecule has 1 aliphatic rings. The van der Waals surface area contributed by atoms with Crippen LogP contribution in [0.15, 0.2) is 48.5 Å². The molecular weight excluding hydrogens is 392 g/mol. The van der Waals surface area contributed by atoms with Crippen LogP contribution in [0.25, 0.3) is 27.7 Å². The van der Waals surface area contributed by atoms with E-state index in [1.54, 1.807) is 21.3 Å². The number of hydrogen-bond donors (Lipinski definition) is 0. The van der Waals surface area contributed by atoms with E-state index in [1.165, 1.54) is 5.56 Å². The van der Waals surface area contributed by atoms with Gasteiger partial charge in [0.15, 0.2) is 11.5 Å². The fourth-order valence-electron chi connectivity index (χ4n) is 4.20. The number of ether oxygens (including phenoxy) is 4. The molecule has 5 rings (SSSR count). The maximum Gasteiger partial charge on any atom is 0.203 e. The molecule has 0 unspecified atom stereocenters. The van der Waals surface area contributed by atoms with Crippen molar-refractivity contribution in [3.05, 3.63) is 59.8 Å². The molecule has 6 nitrogen and oxygen atoms in total. The van der Waals surface area contributed by atoms with Crippen molar-refractivity contribution in [1.29, 1.82) is 0 Å². The van der Waals surface area contributed by atoms with Gasteiger partial charge in [0.05, 0.1) is 44.8 Å². The van der Waals surface area contributed by atoms with Crippen molar-refractivity contribution >= 4 is 10.9 Å². The van der Waals surface area contributed by atoms with Crippen LogP contribution in [0.1, 0.15) is 11.3 Å². The summed E-state index contributed by atoms with van der Waals surface area (Å²) in [5, 5.41) is 5.94. The van der Waals surface area contributed by atoms with Gasteiger partial charge in [0.2, 0.25) is 5.75 Å². The van der Waals surface area contributed by atoms with Crippen LogP contribution in [0.3, 0.4) is 0 Å². The summed E-state index contributed by atoms with van der Waals surface area (Å²) in [5.74, 6) is 2.80. The molecule has 0 fully saturated rings. The Balaban J connectivity index is 1.67. The fraction of sp³-hybridized carbons (Fsp3) is 0.240. The van der Waals surface area contributed by atoms with Crippen LogP contribution in [-0.2, 0) is 6.42 Å². The Morgan fingerprint density at radius 3 is 2.35 bits per heavy atom. The van der Waals surface area contributed by atoms with Crippen molar-refractivity contribution in [1.82, 2.24) is 9.78 Å². The van der Waals surface area contributed by atoms with E-state index in [2.05, 4.69) is 30.3 Å². The van der Waals surface area contributed by atoms with Crippen molar-refractivity contribution in [3.8, 4) is 39.8 Å². The van der Waals surface area contributed by atoms with Gasteiger partial charge in [0, 0.05) is 11.8 Å². The Morgan fingerprint density at radius 2 is 1.65 bits per heavy atom. The average Bonchev–Trinajstić information content (AvgIpc) is 3.41. The highest BCUT2D eigenvalue weighted by atomic mass is 16.5. The second-order valence-corrected chi connectivity index (χ2v) is 7.53. The first-order chi connectivity index (χ1) is 15.1. The zero-order valence-corrected chi connectivity index (χ0v) is 18.1. The zero-order chi connectivity index (χ0) is 21.5. The van der Waals surface area contributed by atoms with Crippen molar-refractivity contribution in [2.45, 2.75) is 13.3 Å². The number of aryl methyl sites for hydroxylation is 1. The summed E-state index contributed by atoms with van der Waals surface area (Å²) < 4.78 is 24.2. The molecule has 0 saturated carbocycles. The van der Waals surface area contributed by atoms with Gasteiger partial charge in [0.25, 0.3) is 0 Å². The topological polar surface area (TPSA) is 54.7 Å². The molecule has 0 bridgehead atoms. The summed E-state index contributed by atoms with van der Waals surface area (Å²) in [4.78, 5) is 0. The van der Waals surface area contributed by atoms with E-state index in [4.69, 9.17) is 24.0 Å². The van der Waals surface area contributed by atoms with E-state index in [0.29, 0.717) is 17.2 Å². The van der Waals surface area contributed by atoms with Gasteiger partial charge in [-0.1, -0.05) is 12.1 Å². The first-order valence-electron chi connectivity index (χ1n) is 10.2. The number of nitrogens with zero attached hydrogens (tertiary/aromatic N) is 2. The lowest BCUT2D eigenvalue weighted by molar-refractivity contribution is 0.324. The second kappa shape index (κ2) is 7.54. The molecule has 158 valence electrons. The van der Waals surface area contributed by atoms with Gasteiger partial charge in [-0.25, -0.2) is 4.68 Å². The van der Waals surface area contributed by atoms with Crippen molar-refractivity contribution in [3.63, 3.8) is 0 Å². The number of hydrogen-bond acceptors (Lipinski definition) is 5. The van der Waals surface area contributed by atoms with Crippen LogP contribution < -0.4 is 18.9 Å². The van der Waals surface area contributed by atoms with E-state index >= 15 is 0 Å². The smallest absolute Gasteiger partial charge is 0.203 e. The number of methoxy groups -OCH3 is 3. The molecular formula is C25H24N2O4. The summed E-state index contributed by atoms with van der Waals surface area (Å²) >= 11 is 0. The van der Waals surface area contributed by atoms with E-state index in [-0.39, 0.29) is 0 Å². The van der Waals surface area contributed by atoms with Gasteiger partial charge in [0.1, 0.15) is 5.75 Å². The van der Waals surface area contributed by atoms with Crippen molar-refractivity contribution < 1.29 is 18.9 Å². The van der Waals surface area contributed by atoms with Crippen molar-refractivity contribution in [2.24, 2.45) is 0 Å². The highest BCUT2D eigenvalue weighted by Crippen LogP contribution is 2.42. The molecule has 1 aromatic heterocycles. The van der Waals surface area contributed by atoms with Gasteiger partial charge in [-0.2, -0.15) is 5.10 Å². The molecule has 0 amide bonds. The molecule has 1 aliphatic heterocycles. The largest absolute Gasteiger partial charge is 0.493 e. The first kappa shape index (κ1) is 19.3. The number of aromatic nitrogens is 2. The molecule has 0 aliphatic carbocycles. The van der Waals surface area contributed by atoms with Gasteiger partial charge in [-0.3, -0.25) is 0 Å². The van der Waals surface area contributed by atoms with Crippen LogP contribution in [0, 0.1) is 6.92 Å². The van der Waals surface area contributed by atoms with E-state index < -0.39 is 0 Å². The lowest BCUT2D eigenvalue weighted by atomic mass is 10.0. The third kappa shape index (κ3) is 3.15. The molecule has 31 heavy (non-hydrogen) atoms. The quantitative estimate of drug-likeness (QED) is 0.460. The minimum atomic E-state index is 0.580. The second-order valence-electron chi connectivity index (χ2n) is 7.53. The van der Waals surface area contributed by atoms with Gasteiger partial charge in [-0.15, -0.1) is 0 Å². The van der Waals surface area contributed by atoms with Crippen LogP contribution in [0.5, 0.6) is 23.0 Å². The van der Waals surface area contributed by atoms with Crippen molar-refractivity contribution in [2.75, 3.05) is 27.9 Å². The van der Waals surface area contributed by atoms with Gasteiger partial charge >= 0.3 is 0 Å². The van der Waals surface area contributed by atoms with Gasteiger partial charge in [-0.05, 0) is 60.0 Å². The fourth-order valence-corrected chi connectivity index (χ4v) is 4.20. The monoisotopic (exact) mass is 416 g/mol. The van der Waals surface area contributed by atoms with E-state index in [0.717, 1.165) is 52.2 Å². The lowest BCUT2D eigenvalue weighted by Crippen LogP contribution is -1.98. The Bertz CT molecular complexity index is 1270. The molecule has 0 saturated heterocycles. The maximum absolute atomic E-state index is 5.66. The summed E-state index contributed by atoms with van der Waals surface area (Å²) in [5.41, 5.74) is 6.30. The average molecular weight is 416 g/mol. The molecule has 3 aromatic carbocycles.